The quantitative estimate of drug-likeness (QED) is 0.506. The van der Waals surface area contributed by atoms with Gasteiger partial charge in [-0.1, -0.05) is 53.3 Å². The third-order valence-corrected chi connectivity index (χ3v) is 6.68. The minimum Gasteiger partial charge on any atom is -0.465 e. The van der Waals surface area contributed by atoms with Gasteiger partial charge in [0.2, 0.25) is 0 Å². The van der Waals surface area contributed by atoms with Gasteiger partial charge in [0.1, 0.15) is 0 Å². The molecule has 1 aromatic heterocycles. The molecule has 3 aromatic rings. The zero-order chi connectivity index (χ0) is 24.4. The molecule has 9 heteroatoms. The third kappa shape index (κ3) is 4.34. The lowest BCUT2D eigenvalue weighted by atomic mass is 9.95. The average molecular weight is 497 g/mol. The smallest absolute Gasteiger partial charge is 0.338 e. The van der Waals surface area contributed by atoms with Gasteiger partial charge in [-0.05, 0) is 49.2 Å². The number of allylic oxidation sites excluding steroid dienone is 1. The number of carbonyl (C=O) groups excluding carboxylic acids is 2. The Morgan fingerprint density at radius 3 is 2.50 bits per heavy atom. The lowest BCUT2D eigenvalue weighted by Crippen LogP contribution is -2.40. The van der Waals surface area contributed by atoms with E-state index in [2.05, 4.69) is 4.99 Å². The van der Waals surface area contributed by atoms with E-state index in [-0.39, 0.29) is 17.7 Å². The van der Waals surface area contributed by atoms with Crippen molar-refractivity contribution in [3.8, 4) is 0 Å². The van der Waals surface area contributed by atoms with Crippen molar-refractivity contribution in [3.05, 3.63) is 101 Å². The van der Waals surface area contributed by atoms with E-state index in [0.29, 0.717) is 36.7 Å². The largest absolute Gasteiger partial charge is 0.465 e. The van der Waals surface area contributed by atoms with Crippen LogP contribution in [0.15, 0.2) is 69.6 Å². The SMILES string of the molecule is CCOC(=O)C1=C(C)N=c2sc(=Cc3ccccc3Cl)c(=O)n2C1c1ccc(C(=O)OC)cc1. The van der Waals surface area contributed by atoms with E-state index < -0.39 is 18.0 Å². The second kappa shape index (κ2) is 9.79. The van der Waals surface area contributed by atoms with Gasteiger partial charge in [-0.2, -0.15) is 0 Å². The van der Waals surface area contributed by atoms with Crippen LogP contribution in [0.2, 0.25) is 5.02 Å². The molecule has 0 aliphatic carbocycles. The highest BCUT2D eigenvalue weighted by Crippen LogP contribution is 2.31. The van der Waals surface area contributed by atoms with E-state index in [0.717, 1.165) is 0 Å². The van der Waals surface area contributed by atoms with Gasteiger partial charge in [-0.15, -0.1) is 0 Å². The van der Waals surface area contributed by atoms with Crippen LogP contribution in [-0.4, -0.2) is 30.2 Å². The number of hydrogen-bond acceptors (Lipinski definition) is 7. The second-order valence-corrected chi connectivity index (χ2v) is 8.85. The van der Waals surface area contributed by atoms with Crippen molar-refractivity contribution in [1.82, 2.24) is 4.57 Å². The summed E-state index contributed by atoms with van der Waals surface area (Å²) in [4.78, 5) is 43.4. The first-order valence-corrected chi connectivity index (χ1v) is 11.7. The summed E-state index contributed by atoms with van der Waals surface area (Å²) in [7, 11) is 1.30. The Bertz CT molecular complexity index is 1480. The fraction of sp³-hybridized carbons (Fsp3) is 0.200. The standard InChI is InChI=1S/C25H21ClN2O5S/c1-4-33-24(31)20-14(2)27-25-28(21(20)15-9-11-16(12-10-15)23(30)32-3)22(29)19(34-25)13-17-7-5-6-8-18(17)26/h5-13,21H,4H2,1-3H3. The second-order valence-electron chi connectivity index (χ2n) is 7.44. The van der Waals surface area contributed by atoms with Crippen LogP contribution in [0.3, 0.4) is 0 Å². The summed E-state index contributed by atoms with van der Waals surface area (Å²) in [6, 6.07) is 13.0. The summed E-state index contributed by atoms with van der Waals surface area (Å²) < 4.78 is 12.0. The number of esters is 2. The minimum absolute atomic E-state index is 0.181. The molecule has 174 valence electrons. The van der Waals surface area contributed by atoms with Crippen LogP contribution in [0.1, 0.15) is 41.4 Å². The summed E-state index contributed by atoms with van der Waals surface area (Å²) in [5, 5.41) is 0.520. The number of thiazole rings is 1. The third-order valence-electron chi connectivity index (χ3n) is 5.36. The van der Waals surface area contributed by atoms with Crippen LogP contribution >= 0.6 is 22.9 Å². The number of aromatic nitrogens is 1. The molecule has 0 bridgehead atoms. The van der Waals surface area contributed by atoms with E-state index in [9.17, 15) is 14.4 Å². The number of benzene rings is 2. The van der Waals surface area contributed by atoms with Crippen LogP contribution < -0.4 is 14.9 Å². The Morgan fingerprint density at radius 1 is 1.15 bits per heavy atom. The Labute approximate surface area is 204 Å². The maximum absolute atomic E-state index is 13.6. The van der Waals surface area contributed by atoms with Gasteiger partial charge < -0.3 is 9.47 Å². The molecule has 2 heterocycles. The molecule has 0 saturated heterocycles. The van der Waals surface area contributed by atoms with Crippen molar-refractivity contribution in [2.24, 2.45) is 4.99 Å². The van der Waals surface area contributed by atoms with Crippen molar-refractivity contribution in [2.45, 2.75) is 19.9 Å². The van der Waals surface area contributed by atoms with Crippen LogP contribution in [0.5, 0.6) is 0 Å². The Balaban J connectivity index is 1.94. The highest BCUT2D eigenvalue weighted by Gasteiger charge is 2.33. The molecule has 0 radical (unpaired) electrons. The molecule has 7 nitrogen and oxygen atoms in total. The van der Waals surface area contributed by atoms with Gasteiger partial charge in [0.25, 0.3) is 5.56 Å². The molecule has 0 amide bonds. The first-order chi connectivity index (χ1) is 16.3. The molecule has 1 aliphatic heterocycles. The van der Waals surface area contributed by atoms with E-state index in [4.69, 9.17) is 21.1 Å². The molecule has 4 rings (SSSR count). The zero-order valence-electron chi connectivity index (χ0n) is 18.7. The van der Waals surface area contributed by atoms with Gasteiger partial charge in [-0.3, -0.25) is 9.36 Å². The number of rotatable bonds is 5. The average Bonchev–Trinajstić information content (AvgIpc) is 3.13. The number of methoxy groups -OCH3 is 1. The first kappa shape index (κ1) is 23.7. The highest BCUT2D eigenvalue weighted by molar-refractivity contribution is 7.07. The van der Waals surface area contributed by atoms with Gasteiger partial charge in [0.15, 0.2) is 4.80 Å². The Hall–Kier alpha value is -3.49. The fourth-order valence-electron chi connectivity index (χ4n) is 3.76. The van der Waals surface area contributed by atoms with Crippen molar-refractivity contribution < 1.29 is 19.1 Å². The van der Waals surface area contributed by atoms with Crippen LogP contribution in [0.4, 0.5) is 0 Å². The topological polar surface area (TPSA) is 87.0 Å². The van der Waals surface area contributed by atoms with Crippen LogP contribution in [0, 0.1) is 0 Å². The Morgan fingerprint density at radius 2 is 1.85 bits per heavy atom. The summed E-state index contributed by atoms with van der Waals surface area (Å²) in [6.07, 6.45) is 1.72. The van der Waals surface area contributed by atoms with E-state index >= 15 is 0 Å². The number of hydrogen-bond donors (Lipinski definition) is 0. The number of carbonyl (C=O) groups is 2. The number of ether oxygens (including phenoxy) is 2. The molecule has 0 spiro atoms. The maximum atomic E-state index is 13.6. The summed E-state index contributed by atoms with van der Waals surface area (Å²) in [5.41, 5.74) is 2.12. The Kier molecular flexibility index (Phi) is 6.81. The van der Waals surface area contributed by atoms with E-state index in [1.54, 1.807) is 50.3 Å². The molecule has 2 aromatic carbocycles. The van der Waals surface area contributed by atoms with Crippen LogP contribution in [0.25, 0.3) is 6.08 Å². The summed E-state index contributed by atoms with van der Waals surface area (Å²) in [6.45, 7) is 3.61. The normalized spacial score (nSPS) is 15.5. The molecule has 1 unspecified atom stereocenters. The lowest BCUT2D eigenvalue weighted by Gasteiger charge is -2.24. The van der Waals surface area contributed by atoms with Crippen LogP contribution in [-0.2, 0) is 14.3 Å². The van der Waals surface area contributed by atoms with Gasteiger partial charge in [0, 0.05) is 5.02 Å². The first-order valence-electron chi connectivity index (χ1n) is 10.5. The van der Waals surface area contributed by atoms with Crippen molar-refractivity contribution in [1.29, 1.82) is 0 Å². The summed E-state index contributed by atoms with van der Waals surface area (Å²) in [5.74, 6) is -1.03. The van der Waals surface area contributed by atoms with E-state index in [1.165, 1.54) is 23.0 Å². The predicted molar refractivity (Wildman–Crippen MR) is 130 cm³/mol. The van der Waals surface area contributed by atoms with E-state index in [1.807, 2.05) is 18.2 Å². The lowest BCUT2D eigenvalue weighted by molar-refractivity contribution is -0.139. The zero-order valence-corrected chi connectivity index (χ0v) is 20.3. The summed E-state index contributed by atoms with van der Waals surface area (Å²) >= 11 is 7.50. The maximum Gasteiger partial charge on any atom is 0.338 e. The van der Waals surface area contributed by atoms with Crippen molar-refractivity contribution in [2.75, 3.05) is 13.7 Å². The number of halogens is 1. The van der Waals surface area contributed by atoms with Crippen molar-refractivity contribution >= 4 is 41.0 Å². The van der Waals surface area contributed by atoms with Gasteiger partial charge in [0.05, 0.1) is 41.1 Å². The molecule has 1 atom stereocenters. The monoisotopic (exact) mass is 496 g/mol. The molecule has 34 heavy (non-hydrogen) atoms. The molecule has 0 saturated carbocycles. The molecular formula is C25H21ClN2O5S. The fourth-order valence-corrected chi connectivity index (χ4v) is 4.99. The number of nitrogens with zero attached hydrogens (tertiary/aromatic N) is 2. The molecule has 1 aliphatic rings. The molecule has 0 N–H and O–H groups in total. The highest BCUT2D eigenvalue weighted by atomic mass is 35.5. The molecular weight excluding hydrogens is 476 g/mol. The minimum atomic E-state index is -0.768. The van der Waals surface area contributed by atoms with Gasteiger partial charge in [-0.25, -0.2) is 14.6 Å². The molecule has 0 fully saturated rings. The van der Waals surface area contributed by atoms with Crippen molar-refractivity contribution in [3.63, 3.8) is 0 Å². The number of fused-ring (bicyclic) bond motifs is 1. The van der Waals surface area contributed by atoms with Gasteiger partial charge >= 0.3 is 11.9 Å². The predicted octanol–water partition coefficient (Wildman–Crippen LogP) is 3.24.